The molecule has 126 valence electrons. The van der Waals surface area contributed by atoms with Crippen molar-refractivity contribution in [1.82, 2.24) is 0 Å². The minimum absolute atomic E-state index is 0.149. The van der Waals surface area contributed by atoms with Crippen molar-refractivity contribution < 1.29 is 9.90 Å². The van der Waals surface area contributed by atoms with E-state index in [1.54, 1.807) is 8.87 Å². The topological polar surface area (TPSA) is 37.3 Å². The van der Waals surface area contributed by atoms with Gasteiger partial charge in [0.15, 0.2) is 0 Å². The number of unbranched alkanes of at least 4 members (excludes halogenated alkanes) is 3. The molecule has 0 bridgehead atoms. The number of carboxylic acid groups (broad SMARTS) is 1. The summed E-state index contributed by atoms with van der Waals surface area (Å²) in [6.45, 7) is 10.6. The molecular weight excluding hydrogens is 367 g/mol. The summed E-state index contributed by atoms with van der Waals surface area (Å²) >= 11 is 0.149. The average molecular weight is 405 g/mol. The van der Waals surface area contributed by atoms with Gasteiger partial charge in [-0.25, -0.2) is 0 Å². The van der Waals surface area contributed by atoms with Crippen LogP contribution in [0.2, 0.25) is 8.87 Å². The van der Waals surface area contributed by atoms with E-state index in [-0.39, 0.29) is 21.1 Å². The third kappa shape index (κ3) is 12.5. The van der Waals surface area contributed by atoms with Gasteiger partial charge in [0.25, 0.3) is 0 Å². The quantitative estimate of drug-likeness (QED) is 0.310. The molecule has 0 aliphatic rings. The molecule has 0 amide bonds. The molecule has 21 heavy (non-hydrogen) atoms. The summed E-state index contributed by atoms with van der Waals surface area (Å²) in [6, 6.07) is 0. The van der Waals surface area contributed by atoms with E-state index >= 15 is 0 Å². The van der Waals surface area contributed by atoms with E-state index in [1.165, 1.54) is 25.7 Å². The van der Waals surface area contributed by atoms with Crippen molar-refractivity contribution in [2.45, 2.75) is 101 Å². The number of hydrogen-bond donors (Lipinski definition) is 1. The summed E-state index contributed by atoms with van der Waals surface area (Å²) in [5.74, 6) is -0.624. The SMILES string of the molecule is CCCCC(CC)(CC)C(=O)O.CCC[CH2][Sn][CH2]CCC. The van der Waals surface area contributed by atoms with Crippen molar-refractivity contribution in [3.63, 3.8) is 0 Å². The molecule has 1 N–H and O–H groups in total. The van der Waals surface area contributed by atoms with Gasteiger partial charge in [-0.15, -0.1) is 0 Å². The van der Waals surface area contributed by atoms with Crippen LogP contribution in [0.3, 0.4) is 0 Å². The van der Waals surface area contributed by atoms with Crippen LogP contribution in [-0.4, -0.2) is 32.2 Å². The summed E-state index contributed by atoms with van der Waals surface area (Å²) in [5.41, 5.74) is -0.448. The third-order valence-electron chi connectivity index (χ3n) is 4.23. The maximum atomic E-state index is 11.0. The van der Waals surface area contributed by atoms with Crippen LogP contribution in [0.25, 0.3) is 0 Å². The first-order chi connectivity index (χ1) is 10.0. The first-order valence-corrected chi connectivity index (χ1v) is 13.0. The maximum absolute atomic E-state index is 11.0. The minimum atomic E-state index is -0.624. The summed E-state index contributed by atoms with van der Waals surface area (Å²) < 4.78 is 3.25. The van der Waals surface area contributed by atoms with Crippen LogP contribution in [0, 0.1) is 5.41 Å². The van der Waals surface area contributed by atoms with Crippen LogP contribution in [0.4, 0.5) is 0 Å². The number of carboxylic acids is 1. The fraction of sp³-hybridized carbons (Fsp3) is 0.944. The predicted molar refractivity (Wildman–Crippen MR) is 95.4 cm³/mol. The normalized spacial score (nSPS) is 10.9. The number of carbonyl (C=O) groups is 1. The molecule has 0 saturated carbocycles. The Labute approximate surface area is 143 Å². The summed E-state index contributed by atoms with van der Waals surface area (Å²) in [7, 11) is 0. The van der Waals surface area contributed by atoms with Gasteiger partial charge >= 0.3 is 75.5 Å². The van der Waals surface area contributed by atoms with Gasteiger partial charge in [-0.3, -0.25) is 4.79 Å². The van der Waals surface area contributed by atoms with E-state index in [0.717, 1.165) is 32.1 Å². The Morgan fingerprint density at radius 1 is 0.857 bits per heavy atom. The monoisotopic (exact) mass is 406 g/mol. The van der Waals surface area contributed by atoms with Gasteiger partial charge in [-0.05, 0) is 19.3 Å². The molecule has 0 aromatic rings. The first kappa shape index (κ1) is 23.5. The Bertz CT molecular complexity index is 219. The second kappa shape index (κ2) is 16.6. The zero-order valence-electron chi connectivity index (χ0n) is 15.1. The molecule has 0 atom stereocenters. The van der Waals surface area contributed by atoms with Gasteiger partial charge in [-0.1, -0.05) is 33.6 Å². The molecule has 3 heteroatoms. The van der Waals surface area contributed by atoms with E-state index in [2.05, 4.69) is 20.8 Å². The second-order valence-electron chi connectivity index (χ2n) is 5.85. The predicted octanol–water partition coefficient (Wildman–Crippen LogP) is 6.20. The van der Waals surface area contributed by atoms with Crippen LogP contribution < -0.4 is 0 Å². The summed E-state index contributed by atoms with van der Waals surface area (Å²) in [6.07, 6.45) is 10.3. The Morgan fingerprint density at radius 2 is 1.29 bits per heavy atom. The molecule has 0 aromatic carbocycles. The van der Waals surface area contributed by atoms with Gasteiger partial charge in [0.1, 0.15) is 0 Å². The molecular formula is C18H38O2Sn. The molecule has 0 saturated heterocycles. The molecule has 0 aliphatic carbocycles. The zero-order valence-corrected chi connectivity index (χ0v) is 18.0. The van der Waals surface area contributed by atoms with Gasteiger partial charge in [0.2, 0.25) is 0 Å². The zero-order chi connectivity index (χ0) is 16.6. The Hall–Kier alpha value is 0.269. The van der Waals surface area contributed by atoms with Crippen LogP contribution in [0.1, 0.15) is 92.4 Å². The number of aliphatic carboxylic acids is 1. The molecule has 0 spiro atoms. The molecule has 0 fully saturated rings. The number of hydrogen-bond acceptors (Lipinski definition) is 1. The second-order valence-corrected chi connectivity index (χ2v) is 10.1. The standard InChI is InChI=1S/C10H20O2.2C4H9.Sn/c1-4-7-8-10(5-2,6-3)9(11)12;2*1-3-4-2;/h4-8H2,1-3H3,(H,11,12);2*1,3-4H2,2H3;. The van der Waals surface area contributed by atoms with E-state index in [1.807, 2.05) is 13.8 Å². The van der Waals surface area contributed by atoms with Crippen molar-refractivity contribution in [3.8, 4) is 0 Å². The molecule has 0 aromatic heterocycles. The van der Waals surface area contributed by atoms with E-state index < -0.39 is 11.4 Å². The Kier molecular flexibility index (Phi) is 18.6. The van der Waals surface area contributed by atoms with Crippen molar-refractivity contribution in [2.75, 3.05) is 0 Å². The molecule has 2 radical (unpaired) electrons. The van der Waals surface area contributed by atoms with Crippen LogP contribution in [-0.2, 0) is 4.79 Å². The van der Waals surface area contributed by atoms with Gasteiger partial charge in [-0.2, -0.15) is 0 Å². The van der Waals surface area contributed by atoms with Crippen molar-refractivity contribution in [1.29, 1.82) is 0 Å². The first-order valence-electron chi connectivity index (χ1n) is 8.98. The fourth-order valence-corrected chi connectivity index (χ4v) is 6.42. The molecule has 0 aliphatic heterocycles. The van der Waals surface area contributed by atoms with E-state index in [0.29, 0.717) is 0 Å². The van der Waals surface area contributed by atoms with Crippen LogP contribution in [0.5, 0.6) is 0 Å². The summed E-state index contributed by atoms with van der Waals surface area (Å²) in [4.78, 5) is 11.0. The third-order valence-corrected chi connectivity index (χ3v) is 8.27. The number of rotatable bonds is 12. The van der Waals surface area contributed by atoms with Gasteiger partial charge in [0, 0.05) is 0 Å². The van der Waals surface area contributed by atoms with Gasteiger partial charge < -0.3 is 5.11 Å². The average Bonchev–Trinajstić information content (AvgIpc) is 2.49. The Balaban J connectivity index is 0. The van der Waals surface area contributed by atoms with Crippen molar-refractivity contribution >= 4 is 27.1 Å². The summed E-state index contributed by atoms with van der Waals surface area (Å²) in [5, 5.41) is 9.05. The van der Waals surface area contributed by atoms with Crippen molar-refractivity contribution in [2.24, 2.45) is 5.41 Å². The van der Waals surface area contributed by atoms with Crippen LogP contribution in [0.15, 0.2) is 0 Å². The van der Waals surface area contributed by atoms with E-state index in [9.17, 15) is 4.79 Å². The Morgan fingerprint density at radius 3 is 1.57 bits per heavy atom. The van der Waals surface area contributed by atoms with Crippen molar-refractivity contribution in [3.05, 3.63) is 0 Å². The molecule has 0 unspecified atom stereocenters. The molecule has 0 heterocycles. The molecule has 0 rings (SSSR count). The molecule has 2 nitrogen and oxygen atoms in total. The van der Waals surface area contributed by atoms with Crippen LogP contribution >= 0.6 is 0 Å². The van der Waals surface area contributed by atoms with E-state index in [4.69, 9.17) is 5.11 Å². The fourth-order valence-electron chi connectivity index (χ4n) is 2.26. The van der Waals surface area contributed by atoms with Gasteiger partial charge in [0.05, 0.1) is 5.41 Å².